The van der Waals surface area contributed by atoms with Crippen LogP contribution in [0.1, 0.15) is 12.5 Å². The van der Waals surface area contributed by atoms with Crippen LogP contribution in [-0.4, -0.2) is 40.9 Å². The van der Waals surface area contributed by atoms with Crippen molar-refractivity contribution in [3.63, 3.8) is 0 Å². The Balaban J connectivity index is 2.13. The number of alkyl halides is 2. The van der Waals surface area contributed by atoms with E-state index >= 15 is 0 Å². The molecule has 0 aliphatic rings. The first-order valence-corrected chi connectivity index (χ1v) is 10.5. The van der Waals surface area contributed by atoms with Crippen molar-refractivity contribution in [2.75, 3.05) is 19.0 Å². The van der Waals surface area contributed by atoms with Crippen LogP contribution in [0.15, 0.2) is 72.7 Å². The zero-order valence-electron chi connectivity index (χ0n) is 19.1. The van der Waals surface area contributed by atoms with Crippen molar-refractivity contribution < 1.29 is 18.3 Å². The summed E-state index contributed by atoms with van der Waals surface area (Å²) in [5.41, 5.74) is 2.51. The van der Waals surface area contributed by atoms with Crippen molar-refractivity contribution in [3.8, 4) is 17.1 Å². The summed E-state index contributed by atoms with van der Waals surface area (Å²) in [5.74, 6) is 0.709. The second-order valence-electron chi connectivity index (χ2n) is 7.29. The number of allylic oxidation sites excluding steroid dienone is 3. The van der Waals surface area contributed by atoms with E-state index in [9.17, 15) is 13.6 Å². The normalized spacial score (nSPS) is 11.8. The van der Waals surface area contributed by atoms with Gasteiger partial charge in [0.15, 0.2) is 5.82 Å². The van der Waals surface area contributed by atoms with Gasteiger partial charge in [0, 0.05) is 23.3 Å². The standard InChI is InChI=1S/C25H25F2N5O2/c1-5-6-9-20(16(3)25(33)29-14-21(26)27)30-24-19-12-18(34-4)11-15(2)22(19)31-23(32-24)17-8-7-10-28-13-17/h5-13,21H,3,14H2,1-2,4H3,(H,29,33)(H,30,31,32)/b6-5-,20-9+. The predicted octanol–water partition coefficient (Wildman–Crippen LogP) is 4.82. The molecular weight excluding hydrogens is 440 g/mol. The lowest BCUT2D eigenvalue weighted by molar-refractivity contribution is -0.117. The molecule has 3 rings (SSSR count). The molecular formula is C25H25F2N5O2. The molecule has 1 aromatic carbocycles. The van der Waals surface area contributed by atoms with Crippen LogP contribution in [0.25, 0.3) is 22.3 Å². The van der Waals surface area contributed by atoms with Gasteiger partial charge in [-0.2, -0.15) is 0 Å². The molecule has 0 bridgehead atoms. The molecule has 34 heavy (non-hydrogen) atoms. The molecule has 1 amide bonds. The average molecular weight is 466 g/mol. The molecule has 0 spiro atoms. The number of halogens is 2. The second kappa shape index (κ2) is 11.1. The summed E-state index contributed by atoms with van der Waals surface area (Å²) < 4.78 is 30.6. The largest absolute Gasteiger partial charge is 0.497 e. The maximum atomic E-state index is 12.6. The molecule has 0 saturated heterocycles. The Hall–Kier alpha value is -4.14. The highest BCUT2D eigenvalue weighted by Crippen LogP contribution is 2.31. The topological polar surface area (TPSA) is 89.0 Å². The molecule has 3 aromatic rings. The fourth-order valence-electron chi connectivity index (χ4n) is 3.15. The van der Waals surface area contributed by atoms with Crippen LogP contribution in [0.4, 0.5) is 14.6 Å². The van der Waals surface area contributed by atoms with E-state index in [-0.39, 0.29) is 5.57 Å². The van der Waals surface area contributed by atoms with Crippen LogP contribution in [-0.2, 0) is 4.79 Å². The minimum absolute atomic E-state index is 0.0203. The number of amides is 1. The number of fused-ring (bicyclic) bond motifs is 1. The van der Waals surface area contributed by atoms with Crippen molar-refractivity contribution in [1.29, 1.82) is 0 Å². The van der Waals surface area contributed by atoms with E-state index in [0.717, 1.165) is 5.56 Å². The summed E-state index contributed by atoms with van der Waals surface area (Å²) in [4.78, 5) is 26.0. The molecule has 9 heteroatoms. The summed E-state index contributed by atoms with van der Waals surface area (Å²) >= 11 is 0. The van der Waals surface area contributed by atoms with E-state index in [1.54, 1.807) is 49.9 Å². The number of aryl methyl sites for hydroxylation is 1. The van der Waals surface area contributed by atoms with E-state index < -0.39 is 18.9 Å². The van der Waals surface area contributed by atoms with Crippen LogP contribution >= 0.6 is 0 Å². The number of methoxy groups -OCH3 is 1. The number of hydrogen-bond donors (Lipinski definition) is 2. The van der Waals surface area contributed by atoms with Crippen molar-refractivity contribution in [2.45, 2.75) is 20.3 Å². The lowest BCUT2D eigenvalue weighted by Gasteiger charge is -2.17. The molecule has 2 aromatic heterocycles. The number of pyridine rings is 1. The number of carbonyl (C=O) groups is 1. The minimum atomic E-state index is -2.67. The number of anilines is 1. The number of carbonyl (C=O) groups excluding carboxylic acids is 1. The van der Waals surface area contributed by atoms with E-state index in [2.05, 4.69) is 27.2 Å². The highest BCUT2D eigenvalue weighted by atomic mass is 19.3. The van der Waals surface area contributed by atoms with Gasteiger partial charge in [-0.15, -0.1) is 0 Å². The average Bonchev–Trinajstić information content (AvgIpc) is 2.85. The highest BCUT2D eigenvalue weighted by Gasteiger charge is 2.18. The van der Waals surface area contributed by atoms with Crippen molar-refractivity contribution >= 4 is 22.6 Å². The van der Waals surface area contributed by atoms with Gasteiger partial charge in [-0.25, -0.2) is 18.7 Å². The fourth-order valence-corrected chi connectivity index (χ4v) is 3.15. The molecule has 0 atom stereocenters. The number of aromatic nitrogens is 3. The van der Waals surface area contributed by atoms with Gasteiger partial charge in [-0.1, -0.05) is 18.7 Å². The third-order valence-corrected chi connectivity index (χ3v) is 4.84. The second-order valence-corrected chi connectivity index (χ2v) is 7.29. The molecule has 0 fully saturated rings. The van der Waals surface area contributed by atoms with E-state index in [0.29, 0.717) is 39.6 Å². The van der Waals surface area contributed by atoms with Gasteiger partial charge in [0.2, 0.25) is 0 Å². The van der Waals surface area contributed by atoms with E-state index in [4.69, 9.17) is 9.72 Å². The number of nitrogens with zero attached hydrogens (tertiary/aromatic N) is 3. The fraction of sp³-hybridized carbons (Fsp3) is 0.200. The molecule has 7 nitrogen and oxygen atoms in total. The smallest absolute Gasteiger partial charge is 0.255 e. The third kappa shape index (κ3) is 5.80. The Morgan fingerprint density at radius 2 is 2.09 bits per heavy atom. The quantitative estimate of drug-likeness (QED) is 0.348. The Labute approximate surface area is 196 Å². The van der Waals surface area contributed by atoms with Gasteiger partial charge >= 0.3 is 0 Å². The van der Waals surface area contributed by atoms with E-state index in [1.165, 1.54) is 0 Å². The Kier molecular flexibility index (Phi) is 8.02. The first-order valence-electron chi connectivity index (χ1n) is 10.5. The monoisotopic (exact) mass is 465 g/mol. The molecule has 0 aliphatic heterocycles. The molecule has 0 unspecified atom stereocenters. The van der Waals surface area contributed by atoms with Gasteiger partial charge < -0.3 is 15.4 Å². The molecule has 2 heterocycles. The van der Waals surface area contributed by atoms with Crippen LogP contribution < -0.4 is 15.4 Å². The summed E-state index contributed by atoms with van der Waals surface area (Å²) in [5, 5.41) is 5.97. The SMILES string of the molecule is C=C(C(=O)NCC(F)F)/C(=C\C=C/C)Nc1nc(-c2cccnc2)nc2c(C)cc(OC)cc12. The van der Waals surface area contributed by atoms with Gasteiger partial charge in [0.05, 0.1) is 30.4 Å². The maximum Gasteiger partial charge on any atom is 0.255 e. The summed E-state index contributed by atoms with van der Waals surface area (Å²) in [6.07, 6.45) is 5.71. The Bertz CT molecular complexity index is 1260. The number of rotatable bonds is 9. The van der Waals surface area contributed by atoms with Crippen molar-refractivity contribution in [1.82, 2.24) is 20.3 Å². The number of ether oxygens (including phenoxy) is 1. The van der Waals surface area contributed by atoms with Crippen LogP contribution in [0.3, 0.4) is 0 Å². The highest BCUT2D eigenvalue weighted by molar-refractivity contribution is 6.00. The molecule has 0 radical (unpaired) electrons. The summed E-state index contributed by atoms with van der Waals surface area (Å²) in [6.45, 7) is 6.74. The molecule has 176 valence electrons. The van der Waals surface area contributed by atoms with Crippen LogP contribution in [0.5, 0.6) is 5.75 Å². The van der Waals surface area contributed by atoms with Crippen molar-refractivity contribution in [3.05, 3.63) is 78.3 Å². The van der Waals surface area contributed by atoms with Gasteiger partial charge in [0.25, 0.3) is 12.3 Å². The van der Waals surface area contributed by atoms with Gasteiger partial charge in [-0.05, 0) is 49.8 Å². The summed E-state index contributed by atoms with van der Waals surface area (Å²) in [6, 6.07) is 7.26. The molecule has 2 N–H and O–H groups in total. The Morgan fingerprint density at radius 1 is 1.29 bits per heavy atom. The molecule has 0 aliphatic carbocycles. The maximum absolute atomic E-state index is 12.6. The van der Waals surface area contributed by atoms with Crippen LogP contribution in [0, 0.1) is 6.92 Å². The lowest BCUT2D eigenvalue weighted by Crippen LogP contribution is -2.30. The lowest BCUT2D eigenvalue weighted by atomic mass is 10.1. The minimum Gasteiger partial charge on any atom is -0.497 e. The number of benzene rings is 1. The molecule has 0 saturated carbocycles. The van der Waals surface area contributed by atoms with Crippen molar-refractivity contribution in [2.24, 2.45) is 0 Å². The van der Waals surface area contributed by atoms with Gasteiger partial charge in [0.1, 0.15) is 11.6 Å². The Morgan fingerprint density at radius 3 is 2.74 bits per heavy atom. The predicted molar refractivity (Wildman–Crippen MR) is 129 cm³/mol. The number of hydrogen-bond acceptors (Lipinski definition) is 6. The first-order chi connectivity index (χ1) is 16.3. The summed E-state index contributed by atoms with van der Waals surface area (Å²) in [7, 11) is 1.56. The number of nitrogens with one attached hydrogen (secondary N) is 2. The third-order valence-electron chi connectivity index (χ3n) is 4.84. The zero-order valence-corrected chi connectivity index (χ0v) is 19.1. The first kappa shape index (κ1) is 24.5. The zero-order chi connectivity index (χ0) is 24.7. The van der Waals surface area contributed by atoms with Gasteiger partial charge in [-0.3, -0.25) is 9.78 Å². The van der Waals surface area contributed by atoms with Crippen LogP contribution in [0.2, 0.25) is 0 Å². The van der Waals surface area contributed by atoms with E-state index in [1.807, 2.05) is 26.0 Å².